The molecule has 0 saturated heterocycles. The third-order valence-corrected chi connectivity index (χ3v) is 5.31. The molecule has 0 aliphatic carbocycles. The van der Waals surface area contributed by atoms with E-state index in [1.54, 1.807) is 18.0 Å². The monoisotopic (exact) mass is 432 g/mol. The first kappa shape index (κ1) is 23.0. The van der Waals surface area contributed by atoms with E-state index in [4.69, 9.17) is 12.3 Å². The number of nitrogens with two attached hydrogens (primary N) is 1. The predicted molar refractivity (Wildman–Crippen MR) is 126 cm³/mol. The lowest BCUT2D eigenvalue weighted by Gasteiger charge is -2.16. The highest BCUT2D eigenvalue weighted by Gasteiger charge is 2.23. The van der Waals surface area contributed by atoms with Gasteiger partial charge in [-0.1, -0.05) is 36.8 Å². The van der Waals surface area contributed by atoms with Crippen molar-refractivity contribution in [3.05, 3.63) is 59.0 Å². The number of likely N-dealkylation sites (N-methyl/N-ethyl adjacent to an activating group) is 1. The summed E-state index contributed by atoms with van der Waals surface area (Å²) in [6.07, 6.45) is 4.29. The summed E-state index contributed by atoms with van der Waals surface area (Å²) in [6, 6.07) is 7.95. The third kappa shape index (κ3) is 4.48. The molecular formula is C24H28N6O2. The number of hydrogen-bond donors (Lipinski definition) is 2. The number of fused-ring (bicyclic) bond motifs is 1. The Hall–Kier alpha value is -3.70. The molecule has 1 amide bonds. The Morgan fingerprint density at radius 2 is 2.03 bits per heavy atom. The van der Waals surface area contributed by atoms with Gasteiger partial charge >= 0.3 is 0 Å². The van der Waals surface area contributed by atoms with E-state index in [9.17, 15) is 9.90 Å². The molecule has 0 aliphatic rings. The molecule has 0 radical (unpaired) electrons. The molecule has 166 valence electrons. The number of carbonyl (C=O) groups excluding carboxylic acids is 1. The molecule has 1 aromatic carbocycles. The fraction of sp³-hybridized carbons (Fsp3) is 0.333. The maximum atomic E-state index is 12.9. The molecule has 0 saturated carbocycles. The van der Waals surface area contributed by atoms with Crippen LogP contribution < -0.4 is 5.73 Å². The Balaban J connectivity index is 2.35. The fourth-order valence-electron chi connectivity index (χ4n) is 3.73. The molecule has 2 heterocycles. The van der Waals surface area contributed by atoms with Gasteiger partial charge in [-0.05, 0) is 31.4 Å². The van der Waals surface area contributed by atoms with Gasteiger partial charge in [-0.15, -0.1) is 0 Å². The summed E-state index contributed by atoms with van der Waals surface area (Å²) in [5.74, 6) is -0.0171. The lowest BCUT2D eigenvalue weighted by atomic mass is 10.0. The van der Waals surface area contributed by atoms with Crippen LogP contribution >= 0.6 is 0 Å². The van der Waals surface area contributed by atoms with Gasteiger partial charge in [-0.25, -0.2) is 14.8 Å². The molecule has 2 aromatic heterocycles. The highest BCUT2D eigenvalue weighted by atomic mass is 16.3. The van der Waals surface area contributed by atoms with Gasteiger partial charge in [0, 0.05) is 38.0 Å². The Kier molecular flexibility index (Phi) is 7.23. The summed E-state index contributed by atoms with van der Waals surface area (Å²) in [5.41, 5.74) is 10.3. The molecule has 8 heteroatoms. The Bertz CT molecular complexity index is 1190. The smallest absolute Gasteiger partial charge is 0.252 e. The zero-order chi connectivity index (χ0) is 23.3. The largest absolute Gasteiger partial charge is 0.396 e. The van der Waals surface area contributed by atoms with Gasteiger partial charge in [-0.2, -0.15) is 0 Å². The SMILES string of the molecule is [C-]#[N+]/C(=C\c1c(-c2ccc(C)cc2)c2c(N)ncnc2n1CCCO)C(=O)N(C)CCC. The van der Waals surface area contributed by atoms with E-state index < -0.39 is 0 Å². The van der Waals surface area contributed by atoms with Crippen LogP contribution in [0.2, 0.25) is 0 Å². The Morgan fingerprint density at radius 1 is 1.31 bits per heavy atom. The number of aliphatic hydroxyl groups excluding tert-OH is 1. The van der Waals surface area contributed by atoms with Gasteiger partial charge < -0.3 is 20.3 Å². The van der Waals surface area contributed by atoms with Gasteiger partial charge in [0.05, 0.1) is 12.0 Å². The average molecular weight is 433 g/mol. The van der Waals surface area contributed by atoms with Crippen molar-refractivity contribution in [1.29, 1.82) is 0 Å². The Labute approximate surface area is 187 Å². The maximum Gasteiger partial charge on any atom is 0.252 e. The fourth-order valence-corrected chi connectivity index (χ4v) is 3.73. The molecule has 3 aromatic rings. The van der Waals surface area contributed by atoms with Crippen molar-refractivity contribution in [3.8, 4) is 11.1 Å². The number of aryl methyl sites for hydroxylation is 2. The average Bonchev–Trinajstić information content (AvgIpc) is 3.10. The molecule has 0 unspecified atom stereocenters. The number of aromatic nitrogens is 3. The molecule has 0 fully saturated rings. The van der Waals surface area contributed by atoms with Crippen LogP contribution in [0.4, 0.5) is 5.82 Å². The first-order valence-electron chi connectivity index (χ1n) is 10.6. The van der Waals surface area contributed by atoms with Crippen LogP contribution in [-0.4, -0.2) is 50.6 Å². The topological polar surface area (TPSA) is 102 Å². The lowest BCUT2D eigenvalue weighted by Crippen LogP contribution is -2.28. The maximum absolute atomic E-state index is 12.9. The number of nitrogen functional groups attached to an aromatic ring is 1. The van der Waals surface area contributed by atoms with Crippen LogP contribution in [0.1, 0.15) is 31.0 Å². The number of amides is 1. The lowest BCUT2D eigenvalue weighted by molar-refractivity contribution is -0.125. The molecule has 3 N–H and O–H groups in total. The van der Waals surface area contributed by atoms with E-state index in [-0.39, 0.29) is 18.2 Å². The summed E-state index contributed by atoms with van der Waals surface area (Å²) >= 11 is 0. The van der Waals surface area contributed by atoms with Gasteiger partial charge in [0.2, 0.25) is 0 Å². The van der Waals surface area contributed by atoms with Crippen molar-refractivity contribution in [3.63, 3.8) is 0 Å². The van der Waals surface area contributed by atoms with Crippen LogP contribution in [0, 0.1) is 13.5 Å². The number of aliphatic hydroxyl groups is 1. The molecule has 0 bridgehead atoms. The quantitative estimate of drug-likeness (QED) is 0.419. The van der Waals surface area contributed by atoms with Crippen molar-refractivity contribution in [1.82, 2.24) is 19.4 Å². The van der Waals surface area contributed by atoms with Gasteiger partial charge in [0.1, 0.15) is 17.8 Å². The second kappa shape index (κ2) is 10.1. The van der Waals surface area contributed by atoms with E-state index >= 15 is 0 Å². The molecule has 0 atom stereocenters. The normalized spacial score (nSPS) is 11.5. The molecule has 32 heavy (non-hydrogen) atoms. The van der Waals surface area contributed by atoms with Crippen molar-refractivity contribution < 1.29 is 9.90 Å². The number of rotatable bonds is 8. The Morgan fingerprint density at radius 3 is 2.66 bits per heavy atom. The van der Waals surface area contributed by atoms with E-state index in [2.05, 4.69) is 14.8 Å². The summed E-state index contributed by atoms with van der Waals surface area (Å²) in [6.45, 7) is 12.7. The zero-order valence-electron chi connectivity index (χ0n) is 18.7. The van der Waals surface area contributed by atoms with E-state index in [0.717, 1.165) is 23.1 Å². The third-order valence-electron chi connectivity index (χ3n) is 5.31. The summed E-state index contributed by atoms with van der Waals surface area (Å²) in [7, 11) is 1.69. The number of carbonyl (C=O) groups is 1. The highest BCUT2D eigenvalue weighted by Crippen LogP contribution is 2.38. The summed E-state index contributed by atoms with van der Waals surface area (Å²) in [5, 5.41) is 10.1. The molecule has 8 nitrogen and oxygen atoms in total. The molecule has 0 spiro atoms. The summed E-state index contributed by atoms with van der Waals surface area (Å²) < 4.78 is 1.90. The summed E-state index contributed by atoms with van der Waals surface area (Å²) in [4.78, 5) is 26.6. The zero-order valence-corrected chi connectivity index (χ0v) is 18.7. The number of nitrogens with zero attached hydrogens (tertiary/aromatic N) is 5. The van der Waals surface area contributed by atoms with Crippen molar-refractivity contribution >= 4 is 28.8 Å². The van der Waals surface area contributed by atoms with Crippen LogP contribution in [0.15, 0.2) is 36.3 Å². The first-order chi connectivity index (χ1) is 15.4. The van der Waals surface area contributed by atoms with E-state index in [1.165, 1.54) is 6.33 Å². The van der Waals surface area contributed by atoms with Crippen molar-refractivity contribution in [2.75, 3.05) is 25.9 Å². The standard InChI is InChI=1S/C24H28N6O2/c1-5-11-29(4)24(32)18(26-3)14-19-20(17-9-7-16(2)8-10-17)21-22(25)27-15-28-23(21)30(19)12-6-13-31/h7-10,14-15,31H,5-6,11-13H2,1-2,4H3,(H2,25,27,28)/b18-14-. The molecule has 3 rings (SSSR count). The molecule has 0 aliphatic heterocycles. The van der Waals surface area contributed by atoms with Crippen LogP contribution in [-0.2, 0) is 11.3 Å². The minimum atomic E-state index is -0.338. The van der Waals surface area contributed by atoms with Crippen LogP contribution in [0.25, 0.3) is 33.1 Å². The number of anilines is 1. The minimum absolute atomic E-state index is 0.00287. The van der Waals surface area contributed by atoms with Crippen molar-refractivity contribution in [2.24, 2.45) is 0 Å². The van der Waals surface area contributed by atoms with Gasteiger partial charge in [-0.3, -0.25) is 4.79 Å². The molecular weight excluding hydrogens is 404 g/mol. The number of hydrogen-bond acceptors (Lipinski definition) is 5. The van der Waals surface area contributed by atoms with E-state index in [1.807, 2.05) is 42.7 Å². The first-order valence-corrected chi connectivity index (χ1v) is 10.6. The second-order valence-electron chi connectivity index (χ2n) is 7.68. The van der Waals surface area contributed by atoms with Crippen LogP contribution in [0.3, 0.4) is 0 Å². The van der Waals surface area contributed by atoms with Crippen molar-refractivity contribution in [2.45, 2.75) is 33.2 Å². The second-order valence-corrected chi connectivity index (χ2v) is 7.68. The van der Waals surface area contributed by atoms with E-state index in [0.29, 0.717) is 42.1 Å². The minimum Gasteiger partial charge on any atom is -0.396 e. The highest BCUT2D eigenvalue weighted by molar-refractivity contribution is 6.07. The number of benzene rings is 1. The van der Waals surface area contributed by atoms with Crippen LogP contribution in [0.5, 0.6) is 0 Å². The van der Waals surface area contributed by atoms with Gasteiger partial charge in [0.25, 0.3) is 11.6 Å². The van der Waals surface area contributed by atoms with Gasteiger partial charge in [0.15, 0.2) is 0 Å². The predicted octanol–water partition coefficient (Wildman–Crippen LogP) is 3.50.